The highest BCUT2D eigenvalue weighted by molar-refractivity contribution is 5.96. The van der Waals surface area contributed by atoms with Gasteiger partial charge in [0.25, 0.3) is 5.91 Å². The topological polar surface area (TPSA) is 86.3 Å². The molecule has 2 aromatic heterocycles. The van der Waals surface area contributed by atoms with Gasteiger partial charge in [-0.25, -0.2) is 4.98 Å². The molecular weight excluding hydrogens is 327 g/mol. The predicted molar refractivity (Wildman–Crippen MR) is 78.6 cm³/mol. The SMILES string of the molecule is Cc1ccc2c(=O)c(C(=O)N3CCC(O)(C(F)(F)F)C3)c[nH]c2n1. The number of aromatic nitrogens is 2. The van der Waals surface area contributed by atoms with Crippen LogP contribution < -0.4 is 5.43 Å². The Bertz CT molecular complexity index is 878. The summed E-state index contributed by atoms with van der Waals surface area (Å²) in [7, 11) is 0. The molecule has 2 N–H and O–H groups in total. The zero-order valence-electron chi connectivity index (χ0n) is 12.6. The standard InChI is InChI=1S/C15H14F3N3O3/c1-8-2-3-9-11(22)10(6-19-12(9)20-8)13(23)21-5-4-14(24,7-21)15(16,17)18/h2-3,6,24H,4-5,7H2,1H3,(H,19,20,22). The number of pyridine rings is 2. The molecule has 0 bridgehead atoms. The zero-order chi connectivity index (χ0) is 17.7. The monoisotopic (exact) mass is 341 g/mol. The minimum atomic E-state index is -4.83. The van der Waals surface area contributed by atoms with Gasteiger partial charge in [0.1, 0.15) is 11.2 Å². The van der Waals surface area contributed by atoms with Crippen molar-refractivity contribution >= 4 is 16.9 Å². The maximum absolute atomic E-state index is 12.8. The number of alkyl halides is 3. The number of fused-ring (bicyclic) bond motifs is 1. The van der Waals surface area contributed by atoms with E-state index >= 15 is 0 Å². The van der Waals surface area contributed by atoms with E-state index < -0.39 is 36.1 Å². The Balaban J connectivity index is 1.95. The first-order valence-electron chi connectivity index (χ1n) is 7.20. The van der Waals surface area contributed by atoms with Crippen molar-refractivity contribution in [2.24, 2.45) is 0 Å². The molecule has 0 spiro atoms. The van der Waals surface area contributed by atoms with Crippen molar-refractivity contribution in [2.45, 2.75) is 25.1 Å². The summed E-state index contributed by atoms with van der Waals surface area (Å²) in [6, 6.07) is 3.10. The Kier molecular flexibility index (Phi) is 3.63. The van der Waals surface area contributed by atoms with Crippen LogP contribution in [0.3, 0.4) is 0 Å². The fourth-order valence-electron chi connectivity index (χ4n) is 2.73. The number of nitrogens with one attached hydrogen (secondary N) is 1. The van der Waals surface area contributed by atoms with Gasteiger partial charge >= 0.3 is 6.18 Å². The lowest BCUT2D eigenvalue weighted by atomic mass is 10.0. The number of nitrogens with zero attached hydrogens (tertiary/aromatic N) is 2. The molecule has 1 aliphatic heterocycles. The lowest BCUT2D eigenvalue weighted by Gasteiger charge is -2.25. The number of likely N-dealkylation sites (tertiary alicyclic amines) is 1. The third kappa shape index (κ3) is 2.54. The average molecular weight is 341 g/mol. The van der Waals surface area contributed by atoms with Gasteiger partial charge in [-0.15, -0.1) is 0 Å². The highest BCUT2D eigenvalue weighted by atomic mass is 19.4. The third-order valence-corrected chi connectivity index (χ3v) is 4.17. The molecule has 9 heteroatoms. The number of hydrogen-bond donors (Lipinski definition) is 2. The summed E-state index contributed by atoms with van der Waals surface area (Å²) >= 11 is 0. The van der Waals surface area contributed by atoms with Gasteiger partial charge in [-0.3, -0.25) is 9.59 Å². The molecule has 0 aromatic carbocycles. The van der Waals surface area contributed by atoms with Crippen LogP contribution in [-0.4, -0.2) is 50.7 Å². The maximum atomic E-state index is 12.8. The number of rotatable bonds is 1. The van der Waals surface area contributed by atoms with E-state index in [1.807, 2.05) is 0 Å². The molecule has 1 aliphatic rings. The minimum absolute atomic E-state index is 0.178. The molecule has 128 valence electrons. The molecule has 1 fully saturated rings. The Morgan fingerprint density at radius 1 is 1.42 bits per heavy atom. The quantitative estimate of drug-likeness (QED) is 0.820. The Labute approximate surface area is 133 Å². The van der Waals surface area contributed by atoms with Gasteiger partial charge in [-0.1, -0.05) is 0 Å². The van der Waals surface area contributed by atoms with Gasteiger partial charge in [0.15, 0.2) is 5.60 Å². The average Bonchev–Trinajstić information content (AvgIpc) is 2.90. The third-order valence-electron chi connectivity index (χ3n) is 4.17. The number of halogens is 3. The molecule has 2 aromatic rings. The second kappa shape index (κ2) is 5.30. The number of β-amino-alcohol motifs (C(OH)–C–C–N with tert-alkyl or cyclic N) is 1. The fourth-order valence-corrected chi connectivity index (χ4v) is 2.73. The van der Waals surface area contributed by atoms with E-state index in [9.17, 15) is 27.9 Å². The summed E-state index contributed by atoms with van der Waals surface area (Å²) in [5.41, 5.74) is -2.86. The number of amides is 1. The largest absolute Gasteiger partial charge is 0.419 e. The molecule has 3 heterocycles. The van der Waals surface area contributed by atoms with Crippen LogP contribution in [0.4, 0.5) is 13.2 Å². The molecule has 1 amide bonds. The molecule has 0 saturated carbocycles. The molecule has 3 rings (SSSR count). The number of aryl methyl sites for hydroxylation is 1. The summed E-state index contributed by atoms with van der Waals surface area (Å²) in [5.74, 6) is -0.848. The number of carbonyl (C=O) groups excluding carboxylic acids is 1. The number of hydrogen-bond acceptors (Lipinski definition) is 4. The van der Waals surface area contributed by atoms with Crippen LogP contribution in [0.15, 0.2) is 23.1 Å². The lowest BCUT2D eigenvalue weighted by Crippen LogP contribution is -2.48. The van der Waals surface area contributed by atoms with Gasteiger partial charge in [0.2, 0.25) is 5.43 Å². The lowest BCUT2D eigenvalue weighted by molar-refractivity contribution is -0.253. The van der Waals surface area contributed by atoms with Crippen LogP contribution in [0.1, 0.15) is 22.5 Å². The van der Waals surface area contributed by atoms with Crippen LogP contribution in [0.5, 0.6) is 0 Å². The van der Waals surface area contributed by atoms with Gasteiger partial charge in [-0.2, -0.15) is 13.2 Å². The normalized spacial score (nSPS) is 21.5. The number of aliphatic hydroxyl groups is 1. The van der Waals surface area contributed by atoms with E-state index in [4.69, 9.17) is 0 Å². The summed E-state index contributed by atoms with van der Waals surface area (Å²) in [6.45, 7) is 0.566. The van der Waals surface area contributed by atoms with Crippen LogP contribution >= 0.6 is 0 Å². The van der Waals surface area contributed by atoms with E-state index in [2.05, 4.69) is 9.97 Å². The van der Waals surface area contributed by atoms with Crippen LogP contribution in [0.25, 0.3) is 11.0 Å². The summed E-state index contributed by atoms with van der Waals surface area (Å²) in [6.07, 6.45) is -4.31. The van der Waals surface area contributed by atoms with Crippen molar-refractivity contribution in [1.29, 1.82) is 0 Å². The summed E-state index contributed by atoms with van der Waals surface area (Å²) in [4.78, 5) is 32.5. The summed E-state index contributed by atoms with van der Waals surface area (Å²) < 4.78 is 38.5. The first-order chi connectivity index (χ1) is 11.1. The van der Waals surface area contributed by atoms with Crippen molar-refractivity contribution in [3.8, 4) is 0 Å². The first kappa shape index (κ1) is 16.4. The minimum Gasteiger partial charge on any atom is -0.379 e. The van der Waals surface area contributed by atoms with E-state index in [0.29, 0.717) is 11.3 Å². The van der Waals surface area contributed by atoms with Crippen molar-refractivity contribution in [1.82, 2.24) is 14.9 Å². The fraction of sp³-hybridized carbons (Fsp3) is 0.400. The highest BCUT2D eigenvalue weighted by Crippen LogP contribution is 2.37. The maximum Gasteiger partial charge on any atom is 0.419 e. The van der Waals surface area contributed by atoms with E-state index in [0.717, 1.165) is 11.1 Å². The van der Waals surface area contributed by atoms with Crippen LogP contribution in [-0.2, 0) is 0 Å². The number of H-pyrrole nitrogens is 1. The molecule has 0 radical (unpaired) electrons. The Morgan fingerprint density at radius 3 is 2.75 bits per heavy atom. The smallest absolute Gasteiger partial charge is 0.379 e. The predicted octanol–water partition coefficient (Wildman–Crippen LogP) is 1.37. The molecule has 24 heavy (non-hydrogen) atoms. The molecule has 1 saturated heterocycles. The van der Waals surface area contributed by atoms with Gasteiger partial charge in [0, 0.05) is 24.9 Å². The van der Waals surface area contributed by atoms with Crippen LogP contribution in [0.2, 0.25) is 0 Å². The van der Waals surface area contributed by atoms with Crippen molar-refractivity contribution in [3.63, 3.8) is 0 Å². The Hall–Kier alpha value is -2.42. The van der Waals surface area contributed by atoms with Crippen LogP contribution in [0, 0.1) is 6.92 Å². The van der Waals surface area contributed by atoms with Crippen molar-refractivity contribution < 1.29 is 23.1 Å². The second-order valence-electron chi connectivity index (χ2n) is 5.89. The van der Waals surface area contributed by atoms with E-state index in [-0.39, 0.29) is 17.5 Å². The molecule has 0 aliphatic carbocycles. The summed E-state index contributed by atoms with van der Waals surface area (Å²) in [5, 5.41) is 9.83. The molecule has 1 unspecified atom stereocenters. The Morgan fingerprint density at radius 2 is 2.12 bits per heavy atom. The van der Waals surface area contributed by atoms with Gasteiger partial charge < -0.3 is 15.0 Å². The molecule has 1 atom stereocenters. The van der Waals surface area contributed by atoms with E-state index in [1.165, 1.54) is 6.07 Å². The van der Waals surface area contributed by atoms with Crippen molar-refractivity contribution in [2.75, 3.05) is 13.1 Å². The molecular formula is C15H14F3N3O3. The second-order valence-corrected chi connectivity index (χ2v) is 5.89. The highest BCUT2D eigenvalue weighted by Gasteiger charge is 2.57. The first-order valence-corrected chi connectivity index (χ1v) is 7.20. The van der Waals surface area contributed by atoms with Gasteiger partial charge in [-0.05, 0) is 19.1 Å². The van der Waals surface area contributed by atoms with E-state index in [1.54, 1.807) is 13.0 Å². The van der Waals surface area contributed by atoms with Gasteiger partial charge in [0.05, 0.1) is 11.9 Å². The number of aromatic amines is 1. The zero-order valence-corrected chi connectivity index (χ0v) is 12.6. The molecule has 6 nitrogen and oxygen atoms in total. The van der Waals surface area contributed by atoms with Crippen molar-refractivity contribution in [3.05, 3.63) is 39.8 Å². The number of carbonyl (C=O) groups is 1.